The molecule has 0 fully saturated rings. The summed E-state index contributed by atoms with van der Waals surface area (Å²) in [7, 11) is -3.82. The number of para-hydroxylation sites is 1. The lowest BCUT2D eigenvalue weighted by Crippen LogP contribution is -2.24. The minimum Gasteiger partial charge on any atom is -0.396 e. The van der Waals surface area contributed by atoms with Gasteiger partial charge in [-0.15, -0.1) is 0 Å². The summed E-state index contributed by atoms with van der Waals surface area (Å²) in [5.41, 5.74) is 7.99. The molecular weight excluding hydrogens is 286 g/mol. The van der Waals surface area contributed by atoms with Crippen molar-refractivity contribution in [3.8, 4) is 0 Å². The molecule has 0 spiro atoms. The third-order valence-electron chi connectivity index (χ3n) is 3.29. The average Bonchev–Trinajstić information content (AvgIpc) is 2.45. The highest BCUT2D eigenvalue weighted by atomic mass is 32.2. The van der Waals surface area contributed by atoms with Gasteiger partial charge in [-0.3, -0.25) is 0 Å². The van der Waals surface area contributed by atoms with E-state index in [1.165, 1.54) is 6.07 Å². The molecule has 0 amide bonds. The molecule has 0 aliphatic rings. The van der Waals surface area contributed by atoms with Crippen molar-refractivity contribution in [3.05, 3.63) is 54.1 Å². The minimum absolute atomic E-state index is 0.0356. The smallest absolute Gasteiger partial charge is 0.240 e. The fraction of sp³-hybridized carbons (Fsp3) is 0.200. The second-order valence-corrected chi connectivity index (χ2v) is 6.26. The molecule has 21 heavy (non-hydrogen) atoms. The number of nitrogen functional groups attached to an aromatic ring is 1. The lowest BCUT2D eigenvalue weighted by molar-refractivity contribution is 0.598. The van der Waals surface area contributed by atoms with Crippen LogP contribution >= 0.6 is 0 Å². The third-order valence-corrected chi connectivity index (χ3v) is 4.26. The standard InChI is InChI=1S/C15H19N3O2S/c1-2-18(11-12-7-4-3-5-8-12)13-9-6-10-14(15(13)16)21(17,19)20/h3-10H,2,11,16H2,1H3,(H2,17,19,20). The Morgan fingerprint density at radius 2 is 1.71 bits per heavy atom. The Kier molecular flexibility index (Phi) is 4.50. The first kappa shape index (κ1) is 15.3. The highest BCUT2D eigenvalue weighted by molar-refractivity contribution is 7.89. The van der Waals surface area contributed by atoms with Crippen LogP contribution in [0.2, 0.25) is 0 Å². The number of anilines is 2. The molecule has 0 aliphatic heterocycles. The summed E-state index contributed by atoms with van der Waals surface area (Å²) < 4.78 is 23.1. The molecule has 2 rings (SSSR count). The molecule has 0 aliphatic carbocycles. The molecule has 2 aromatic rings. The maximum Gasteiger partial charge on any atom is 0.240 e. The average molecular weight is 305 g/mol. The summed E-state index contributed by atoms with van der Waals surface area (Å²) >= 11 is 0. The zero-order valence-corrected chi connectivity index (χ0v) is 12.7. The van der Waals surface area contributed by atoms with Gasteiger partial charge < -0.3 is 10.6 Å². The number of nitrogens with two attached hydrogens (primary N) is 2. The van der Waals surface area contributed by atoms with Crippen molar-refractivity contribution in [2.24, 2.45) is 5.14 Å². The van der Waals surface area contributed by atoms with Crippen LogP contribution in [-0.4, -0.2) is 15.0 Å². The van der Waals surface area contributed by atoms with E-state index in [9.17, 15) is 8.42 Å². The number of benzene rings is 2. The van der Waals surface area contributed by atoms with Crippen LogP contribution in [0.5, 0.6) is 0 Å². The summed E-state index contributed by atoms with van der Waals surface area (Å²) in [6.45, 7) is 3.34. The molecule has 0 bridgehead atoms. The van der Waals surface area contributed by atoms with E-state index in [0.29, 0.717) is 18.8 Å². The number of hydrogen-bond acceptors (Lipinski definition) is 4. The SMILES string of the molecule is CCN(Cc1ccccc1)c1cccc(S(N)(=O)=O)c1N. The summed E-state index contributed by atoms with van der Waals surface area (Å²) in [4.78, 5) is 1.98. The van der Waals surface area contributed by atoms with Crippen LogP contribution in [0, 0.1) is 0 Å². The van der Waals surface area contributed by atoms with E-state index in [1.807, 2.05) is 42.2 Å². The zero-order valence-electron chi connectivity index (χ0n) is 11.9. The Bertz CT molecular complexity index is 715. The van der Waals surface area contributed by atoms with Crippen LogP contribution in [0.3, 0.4) is 0 Å². The first-order chi connectivity index (χ1) is 9.93. The first-order valence-electron chi connectivity index (χ1n) is 6.63. The van der Waals surface area contributed by atoms with Crippen molar-refractivity contribution in [2.75, 3.05) is 17.2 Å². The van der Waals surface area contributed by atoms with Crippen molar-refractivity contribution in [1.82, 2.24) is 0 Å². The fourth-order valence-corrected chi connectivity index (χ4v) is 2.91. The number of sulfonamides is 1. The summed E-state index contributed by atoms with van der Waals surface area (Å²) in [6, 6.07) is 14.8. The second kappa shape index (κ2) is 6.15. The molecule has 0 saturated carbocycles. The lowest BCUT2D eigenvalue weighted by atomic mass is 10.2. The van der Waals surface area contributed by atoms with Crippen molar-refractivity contribution < 1.29 is 8.42 Å². The van der Waals surface area contributed by atoms with Gasteiger partial charge in [0, 0.05) is 13.1 Å². The molecule has 0 radical (unpaired) electrons. The fourth-order valence-electron chi connectivity index (χ4n) is 2.23. The molecule has 2 aromatic carbocycles. The largest absolute Gasteiger partial charge is 0.396 e. The number of rotatable bonds is 5. The Morgan fingerprint density at radius 3 is 2.29 bits per heavy atom. The van der Waals surface area contributed by atoms with Crippen molar-refractivity contribution >= 4 is 21.4 Å². The molecule has 0 aromatic heterocycles. The highest BCUT2D eigenvalue weighted by Gasteiger charge is 2.17. The summed E-state index contributed by atoms with van der Waals surface area (Å²) in [5.74, 6) is 0. The van der Waals surface area contributed by atoms with Crippen LogP contribution in [0.15, 0.2) is 53.4 Å². The highest BCUT2D eigenvalue weighted by Crippen LogP contribution is 2.30. The first-order valence-corrected chi connectivity index (χ1v) is 8.18. The predicted molar refractivity (Wildman–Crippen MR) is 85.4 cm³/mol. The molecule has 0 unspecified atom stereocenters. The van der Waals surface area contributed by atoms with Gasteiger partial charge in [-0.2, -0.15) is 0 Å². The molecule has 112 valence electrons. The van der Waals surface area contributed by atoms with Gasteiger partial charge >= 0.3 is 0 Å². The Labute approximate surface area is 125 Å². The third kappa shape index (κ3) is 3.53. The molecule has 5 nitrogen and oxygen atoms in total. The van der Waals surface area contributed by atoms with Crippen LogP contribution < -0.4 is 15.8 Å². The summed E-state index contributed by atoms with van der Waals surface area (Å²) in [5, 5.41) is 5.19. The lowest BCUT2D eigenvalue weighted by Gasteiger charge is -2.25. The van der Waals surface area contributed by atoms with Crippen LogP contribution in [0.4, 0.5) is 11.4 Å². The van der Waals surface area contributed by atoms with E-state index < -0.39 is 10.0 Å². The van der Waals surface area contributed by atoms with Gasteiger partial charge in [-0.25, -0.2) is 13.6 Å². The van der Waals surface area contributed by atoms with E-state index in [4.69, 9.17) is 10.9 Å². The Balaban J connectivity index is 2.39. The van der Waals surface area contributed by atoms with Gasteiger partial charge in [0.2, 0.25) is 10.0 Å². The Hall–Kier alpha value is -2.05. The van der Waals surface area contributed by atoms with Crippen molar-refractivity contribution in [3.63, 3.8) is 0 Å². The molecule has 0 saturated heterocycles. The maximum absolute atomic E-state index is 11.6. The van der Waals surface area contributed by atoms with Gasteiger partial charge in [0.15, 0.2) is 0 Å². The second-order valence-electron chi connectivity index (χ2n) is 4.73. The number of nitrogens with zero attached hydrogens (tertiary/aromatic N) is 1. The van der Waals surface area contributed by atoms with E-state index in [0.717, 1.165) is 5.56 Å². The van der Waals surface area contributed by atoms with Crippen LogP contribution in [-0.2, 0) is 16.6 Å². The molecule has 0 atom stereocenters. The molecule has 0 heterocycles. The Morgan fingerprint density at radius 1 is 1.05 bits per heavy atom. The van der Waals surface area contributed by atoms with E-state index in [1.54, 1.807) is 12.1 Å². The van der Waals surface area contributed by atoms with Crippen LogP contribution in [0.25, 0.3) is 0 Å². The van der Waals surface area contributed by atoms with Gasteiger partial charge in [0.05, 0.1) is 11.4 Å². The predicted octanol–water partition coefficient (Wildman–Crippen LogP) is 1.94. The zero-order chi connectivity index (χ0) is 15.5. The number of primary sulfonamides is 1. The van der Waals surface area contributed by atoms with Gasteiger partial charge in [0.25, 0.3) is 0 Å². The molecule has 6 heteroatoms. The molecule has 4 N–H and O–H groups in total. The van der Waals surface area contributed by atoms with Crippen molar-refractivity contribution in [1.29, 1.82) is 0 Å². The van der Waals surface area contributed by atoms with Gasteiger partial charge in [0.1, 0.15) is 4.90 Å². The summed E-state index contributed by atoms with van der Waals surface area (Å²) in [6.07, 6.45) is 0. The van der Waals surface area contributed by atoms with Crippen LogP contribution in [0.1, 0.15) is 12.5 Å². The monoisotopic (exact) mass is 305 g/mol. The van der Waals surface area contributed by atoms with E-state index >= 15 is 0 Å². The quantitative estimate of drug-likeness (QED) is 0.826. The molecular formula is C15H19N3O2S. The normalized spacial score (nSPS) is 11.3. The van der Waals surface area contributed by atoms with E-state index in [-0.39, 0.29) is 10.6 Å². The maximum atomic E-state index is 11.6. The number of hydrogen-bond donors (Lipinski definition) is 2. The topological polar surface area (TPSA) is 89.4 Å². The minimum atomic E-state index is -3.82. The van der Waals surface area contributed by atoms with Gasteiger partial charge in [-0.05, 0) is 24.6 Å². The van der Waals surface area contributed by atoms with Gasteiger partial charge in [-0.1, -0.05) is 36.4 Å². The van der Waals surface area contributed by atoms with E-state index in [2.05, 4.69) is 0 Å². The van der Waals surface area contributed by atoms with Crippen molar-refractivity contribution in [2.45, 2.75) is 18.4 Å².